The Kier molecular flexibility index (Phi) is 3.52. The highest BCUT2D eigenvalue weighted by atomic mass is 32.1. The zero-order valence-corrected chi connectivity index (χ0v) is 10.1. The minimum atomic E-state index is 0.859. The highest BCUT2D eigenvalue weighted by Gasteiger charge is 1.98. The molecule has 0 radical (unpaired) electrons. The summed E-state index contributed by atoms with van der Waals surface area (Å²) in [5.41, 5.74) is 2.48. The molecule has 2 heteroatoms. The Morgan fingerprint density at radius 1 is 1.31 bits per heavy atom. The number of aldehydes is 1. The van der Waals surface area contributed by atoms with Gasteiger partial charge in [-0.25, -0.2) is 0 Å². The molecule has 0 spiro atoms. The van der Waals surface area contributed by atoms with Crippen LogP contribution in [0, 0.1) is 0 Å². The Morgan fingerprint density at radius 3 is 2.94 bits per heavy atom. The van der Waals surface area contributed by atoms with Crippen LogP contribution in [0.3, 0.4) is 0 Å². The molecule has 0 fully saturated rings. The van der Waals surface area contributed by atoms with Crippen LogP contribution >= 0.6 is 11.3 Å². The average Bonchev–Trinajstić information content (AvgIpc) is 2.74. The number of thiophene rings is 1. The molecule has 0 aliphatic rings. The van der Waals surface area contributed by atoms with Crippen LogP contribution in [-0.2, 0) is 11.2 Å². The standard InChI is InChI=1S/C14H14OS/c1-11(6-7-15)2-3-12-4-5-13-9-16-10-14(13)8-12/h4-10H,2-3H2,1H3/b11-6+. The Hall–Kier alpha value is -1.41. The molecule has 0 amide bonds. The van der Waals surface area contributed by atoms with Crippen molar-refractivity contribution in [3.05, 3.63) is 46.2 Å². The molecule has 0 atom stereocenters. The molecule has 2 aromatic rings. The lowest BCUT2D eigenvalue weighted by Crippen LogP contribution is -1.86. The minimum absolute atomic E-state index is 0.859. The highest BCUT2D eigenvalue weighted by Crippen LogP contribution is 2.21. The molecule has 0 aliphatic carbocycles. The summed E-state index contributed by atoms with van der Waals surface area (Å²) >= 11 is 1.74. The third kappa shape index (κ3) is 2.58. The van der Waals surface area contributed by atoms with E-state index in [-0.39, 0.29) is 0 Å². The van der Waals surface area contributed by atoms with Gasteiger partial charge in [-0.3, -0.25) is 4.79 Å². The van der Waals surface area contributed by atoms with Gasteiger partial charge in [0.25, 0.3) is 0 Å². The average molecular weight is 230 g/mol. The summed E-state index contributed by atoms with van der Waals surface area (Å²) in [6, 6.07) is 6.57. The van der Waals surface area contributed by atoms with E-state index in [1.165, 1.54) is 16.3 Å². The maximum Gasteiger partial charge on any atom is 0.142 e. The fourth-order valence-electron chi connectivity index (χ4n) is 1.71. The fraction of sp³-hybridized carbons (Fsp3) is 0.214. The monoisotopic (exact) mass is 230 g/mol. The van der Waals surface area contributed by atoms with Gasteiger partial charge in [-0.1, -0.05) is 23.8 Å². The van der Waals surface area contributed by atoms with E-state index < -0.39 is 0 Å². The van der Waals surface area contributed by atoms with E-state index in [2.05, 4.69) is 29.0 Å². The topological polar surface area (TPSA) is 17.1 Å². The van der Waals surface area contributed by atoms with Crippen LogP contribution in [0.5, 0.6) is 0 Å². The van der Waals surface area contributed by atoms with E-state index in [1.54, 1.807) is 17.4 Å². The third-order valence-corrected chi connectivity index (χ3v) is 3.48. The first kappa shape index (κ1) is 11.1. The molecule has 16 heavy (non-hydrogen) atoms. The van der Waals surface area contributed by atoms with Crippen molar-refractivity contribution in [1.82, 2.24) is 0 Å². The van der Waals surface area contributed by atoms with Crippen molar-refractivity contribution in [3.8, 4) is 0 Å². The smallest absolute Gasteiger partial charge is 0.142 e. The zero-order valence-electron chi connectivity index (χ0n) is 9.27. The second-order valence-electron chi connectivity index (χ2n) is 3.98. The van der Waals surface area contributed by atoms with Crippen LogP contribution < -0.4 is 0 Å². The van der Waals surface area contributed by atoms with Crippen LogP contribution in [0.15, 0.2) is 40.6 Å². The number of fused-ring (bicyclic) bond motifs is 1. The summed E-state index contributed by atoms with van der Waals surface area (Å²) in [4.78, 5) is 10.3. The maximum absolute atomic E-state index is 10.3. The van der Waals surface area contributed by atoms with Crippen LogP contribution in [0.25, 0.3) is 10.8 Å². The van der Waals surface area contributed by atoms with Gasteiger partial charge in [0.1, 0.15) is 6.29 Å². The summed E-state index contributed by atoms with van der Waals surface area (Å²) < 4.78 is 0. The Morgan fingerprint density at radius 2 is 2.12 bits per heavy atom. The predicted molar refractivity (Wildman–Crippen MR) is 70.0 cm³/mol. The van der Waals surface area contributed by atoms with Crippen LogP contribution in [-0.4, -0.2) is 6.29 Å². The summed E-state index contributed by atoms with van der Waals surface area (Å²) in [5, 5.41) is 6.97. The summed E-state index contributed by atoms with van der Waals surface area (Å²) in [6.45, 7) is 2.00. The van der Waals surface area contributed by atoms with Gasteiger partial charge in [0.2, 0.25) is 0 Å². The molecular weight excluding hydrogens is 216 g/mol. The van der Waals surface area contributed by atoms with Gasteiger partial charge in [-0.05, 0) is 52.9 Å². The molecule has 0 aliphatic heterocycles. The second kappa shape index (κ2) is 5.08. The van der Waals surface area contributed by atoms with Gasteiger partial charge in [0.05, 0.1) is 0 Å². The van der Waals surface area contributed by atoms with Crippen LogP contribution in [0.1, 0.15) is 18.9 Å². The SMILES string of the molecule is C/C(=C\C=O)CCc1ccc2cscc2c1. The Balaban J connectivity index is 2.09. The highest BCUT2D eigenvalue weighted by molar-refractivity contribution is 7.09. The number of rotatable bonds is 4. The molecule has 1 aromatic carbocycles. The van der Waals surface area contributed by atoms with E-state index in [4.69, 9.17) is 0 Å². The number of allylic oxidation sites excluding steroid dienone is 2. The number of aryl methyl sites for hydroxylation is 1. The van der Waals surface area contributed by atoms with Gasteiger partial charge < -0.3 is 0 Å². The van der Waals surface area contributed by atoms with Crippen LogP contribution in [0.2, 0.25) is 0 Å². The Bertz CT molecular complexity index is 522. The summed E-state index contributed by atoms with van der Waals surface area (Å²) in [6.07, 6.45) is 4.46. The minimum Gasteiger partial charge on any atom is -0.299 e. The molecule has 0 saturated carbocycles. The summed E-state index contributed by atoms with van der Waals surface area (Å²) in [5.74, 6) is 0. The molecule has 0 bridgehead atoms. The zero-order chi connectivity index (χ0) is 11.4. The number of carbonyl (C=O) groups excluding carboxylic acids is 1. The van der Waals surface area contributed by atoms with E-state index in [1.807, 2.05) is 6.92 Å². The number of hydrogen-bond acceptors (Lipinski definition) is 2. The van der Waals surface area contributed by atoms with Gasteiger partial charge in [-0.15, -0.1) is 0 Å². The molecule has 82 valence electrons. The molecule has 0 unspecified atom stereocenters. The van der Waals surface area contributed by atoms with Gasteiger partial charge >= 0.3 is 0 Å². The third-order valence-electron chi connectivity index (χ3n) is 2.70. The molecular formula is C14H14OS. The van der Waals surface area contributed by atoms with Crippen molar-refractivity contribution in [2.45, 2.75) is 19.8 Å². The van der Waals surface area contributed by atoms with Crippen molar-refractivity contribution in [2.75, 3.05) is 0 Å². The maximum atomic E-state index is 10.3. The number of hydrogen-bond donors (Lipinski definition) is 0. The van der Waals surface area contributed by atoms with Crippen molar-refractivity contribution in [2.24, 2.45) is 0 Å². The lowest BCUT2D eigenvalue weighted by Gasteiger charge is -2.01. The van der Waals surface area contributed by atoms with E-state index in [0.717, 1.165) is 24.7 Å². The fourth-order valence-corrected chi connectivity index (χ4v) is 2.49. The molecule has 0 saturated heterocycles. The first-order valence-corrected chi connectivity index (χ1v) is 6.29. The van der Waals surface area contributed by atoms with Crippen molar-refractivity contribution < 1.29 is 4.79 Å². The van der Waals surface area contributed by atoms with Crippen molar-refractivity contribution in [3.63, 3.8) is 0 Å². The normalized spacial score (nSPS) is 11.9. The molecule has 0 N–H and O–H groups in total. The number of carbonyl (C=O) groups is 1. The number of benzene rings is 1. The second-order valence-corrected chi connectivity index (χ2v) is 4.73. The lowest BCUT2D eigenvalue weighted by molar-refractivity contribution is -0.104. The molecule has 1 heterocycles. The van der Waals surface area contributed by atoms with Crippen molar-refractivity contribution >= 4 is 28.4 Å². The van der Waals surface area contributed by atoms with Gasteiger partial charge in [0, 0.05) is 0 Å². The molecule has 2 rings (SSSR count). The van der Waals surface area contributed by atoms with E-state index >= 15 is 0 Å². The first-order chi connectivity index (χ1) is 7.79. The largest absolute Gasteiger partial charge is 0.299 e. The first-order valence-electron chi connectivity index (χ1n) is 5.35. The summed E-state index contributed by atoms with van der Waals surface area (Å²) in [7, 11) is 0. The van der Waals surface area contributed by atoms with Crippen LogP contribution in [0.4, 0.5) is 0 Å². The van der Waals surface area contributed by atoms with Crippen molar-refractivity contribution in [1.29, 1.82) is 0 Å². The van der Waals surface area contributed by atoms with E-state index in [0.29, 0.717) is 0 Å². The van der Waals surface area contributed by atoms with Gasteiger partial charge in [-0.2, -0.15) is 11.3 Å². The van der Waals surface area contributed by atoms with Gasteiger partial charge in [0.15, 0.2) is 0 Å². The predicted octanol–water partition coefficient (Wildman–Crippen LogP) is 3.98. The van der Waals surface area contributed by atoms with E-state index in [9.17, 15) is 4.79 Å². The lowest BCUT2D eigenvalue weighted by atomic mass is 10.0. The quantitative estimate of drug-likeness (QED) is 0.573. The molecule has 1 nitrogen and oxygen atoms in total. The molecule has 1 aromatic heterocycles. The Labute approximate surface area is 99.4 Å².